The van der Waals surface area contributed by atoms with Crippen molar-refractivity contribution in [2.75, 3.05) is 0 Å². The van der Waals surface area contributed by atoms with Crippen LogP contribution in [0.1, 0.15) is 35.8 Å². The molecule has 2 fully saturated rings. The number of nitrogens with zero attached hydrogens (tertiary/aromatic N) is 1. The molecule has 0 spiro atoms. The molecule has 2 aromatic carbocycles. The molecule has 180 valence electrons. The minimum atomic E-state index is -1.36. The number of aromatic carboxylic acids is 1. The second-order valence-corrected chi connectivity index (χ2v) is 10.0. The van der Waals surface area contributed by atoms with Gasteiger partial charge >= 0.3 is 35.5 Å². The van der Waals surface area contributed by atoms with Crippen LogP contribution in [0, 0.1) is 0 Å². The summed E-state index contributed by atoms with van der Waals surface area (Å²) >= 11 is 1.38. The second-order valence-electron chi connectivity index (χ2n) is 8.28. The van der Waals surface area contributed by atoms with Crippen LogP contribution in [-0.2, 0) is 14.4 Å². The van der Waals surface area contributed by atoms with E-state index in [2.05, 4.69) is 5.32 Å². The van der Waals surface area contributed by atoms with E-state index in [1.807, 2.05) is 6.07 Å². The molecule has 2 aromatic rings. The van der Waals surface area contributed by atoms with E-state index < -0.39 is 40.7 Å². The third-order valence-corrected chi connectivity index (χ3v) is 7.11. The molecule has 0 aliphatic carbocycles. The summed E-state index contributed by atoms with van der Waals surface area (Å²) in [6, 6.07) is 12.0. The van der Waals surface area contributed by atoms with Crippen molar-refractivity contribution in [1.82, 2.24) is 10.2 Å². The number of aliphatic carboxylic acids is 1. The van der Waals surface area contributed by atoms with E-state index in [1.165, 1.54) is 34.9 Å². The number of carbonyl (C=O) groups excluding carboxylic acids is 3. The molecule has 4 rings (SSSR count). The number of nitrogens with one attached hydrogen (secondary N) is 1. The molecule has 2 saturated heterocycles. The number of para-hydroxylation sites is 1. The number of phenols is 1. The van der Waals surface area contributed by atoms with Crippen LogP contribution in [0.5, 0.6) is 5.75 Å². The first kappa shape index (κ1) is 28.7. The number of hydrogen-bond acceptors (Lipinski definition) is 8. The number of carboxylic acid groups (broad SMARTS) is 2. The van der Waals surface area contributed by atoms with E-state index in [0.717, 1.165) is 0 Å². The Morgan fingerprint density at radius 1 is 1.11 bits per heavy atom. The Bertz CT molecular complexity index is 1120. The molecule has 10 nitrogen and oxygen atoms in total. The van der Waals surface area contributed by atoms with Crippen LogP contribution in [0.4, 0.5) is 0 Å². The predicted octanol–water partition coefficient (Wildman–Crippen LogP) is -2.92. The summed E-state index contributed by atoms with van der Waals surface area (Å²) in [7, 11) is 0. The first-order valence-electron chi connectivity index (χ1n) is 10.3. The number of hydrogen-bond donors (Lipinski definition) is 4. The third-order valence-electron chi connectivity index (χ3n) is 5.54. The summed E-state index contributed by atoms with van der Waals surface area (Å²) in [5.74, 6) is -3.48. The molecule has 0 bridgehead atoms. The third kappa shape index (κ3) is 5.99. The molecule has 0 saturated carbocycles. The molecule has 2 aliphatic rings. The van der Waals surface area contributed by atoms with Gasteiger partial charge in [-0.1, -0.05) is 42.5 Å². The zero-order valence-corrected chi connectivity index (χ0v) is 22.2. The fourth-order valence-electron chi connectivity index (χ4n) is 3.85. The van der Waals surface area contributed by atoms with E-state index >= 15 is 0 Å². The van der Waals surface area contributed by atoms with E-state index in [9.17, 15) is 29.4 Å². The maximum atomic E-state index is 12.3. The van der Waals surface area contributed by atoms with Gasteiger partial charge in [-0.2, -0.15) is 0 Å². The molecule has 0 radical (unpaired) electrons. The number of carbonyl (C=O) groups is 4. The van der Waals surface area contributed by atoms with Gasteiger partial charge < -0.3 is 36.1 Å². The summed E-state index contributed by atoms with van der Waals surface area (Å²) in [6.45, 7) is 3.58. The SMILES string of the molecule is CC1(C)S[C@@H]2[C@H](NC(=O)[C@H](N)c3ccccc3)C(=O)N2[C@H]1C(=O)O.O=C([O-])c1ccccc1O.[Na+]. The Morgan fingerprint density at radius 2 is 1.69 bits per heavy atom. The van der Waals surface area contributed by atoms with Gasteiger partial charge in [-0.15, -0.1) is 11.8 Å². The number of β-lactam (4-membered cyclic amide) rings is 1. The monoisotopic (exact) mass is 509 g/mol. The minimum Gasteiger partial charge on any atom is -0.545 e. The number of fused-ring (bicyclic) bond motifs is 1. The smallest absolute Gasteiger partial charge is 0.545 e. The van der Waals surface area contributed by atoms with Crippen LogP contribution in [0.3, 0.4) is 0 Å². The van der Waals surface area contributed by atoms with E-state index in [0.29, 0.717) is 5.56 Å². The summed E-state index contributed by atoms with van der Waals surface area (Å²) in [5.41, 5.74) is 6.42. The van der Waals surface area contributed by atoms with Crippen molar-refractivity contribution in [2.24, 2.45) is 5.73 Å². The van der Waals surface area contributed by atoms with Crippen molar-refractivity contribution >= 4 is 35.5 Å². The predicted molar refractivity (Wildman–Crippen MR) is 121 cm³/mol. The number of benzene rings is 2. The summed E-state index contributed by atoms with van der Waals surface area (Å²) in [6.07, 6.45) is 0. The molecule has 35 heavy (non-hydrogen) atoms. The van der Waals surface area contributed by atoms with Crippen LogP contribution in [0.2, 0.25) is 0 Å². The largest absolute Gasteiger partial charge is 1.00 e. The van der Waals surface area contributed by atoms with Crippen molar-refractivity contribution in [3.8, 4) is 5.75 Å². The molecule has 5 N–H and O–H groups in total. The average Bonchev–Trinajstić information content (AvgIpc) is 3.05. The van der Waals surface area contributed by atoms with Crippen LogP contribution < -0.4 is 45.7 Å². The summed E-state index contributed by atoms with van der Waals surface area (Å²) < 4.78 is -0.618. The first-order chi connectivity index (χ1) is 16.0. The molecule has 2 amide bonds. The van der Waals surface area contributed by atoms with E-state index in [-0.39, 0.29) is 52.2 Å². The molecule has 0 unspecified atom stereocenters. The van der Waals surface area contributed by atoms with Crippen molar-refractivity contribution < 1.29 is 64.1 Å². The van der Waals surface area contributed by atoms with E-state index in [1.54, 1.807) is 44.2 Å². The van der Waals surface area contributed by atoms with Crippen LogP contribution in [-0.4, -0.2) is 61.1 Å². The molecular formula is C23H24N3NaO7S. The Hall–Kier alpha value is -2.57. The standard InChI is InChI=1S/C16H19N3O4S.C7H6O3.Na/c1-16(2)11(15(22)23)19-13(21)10(14(19)24-16)18-12(20)9(17)8-6-4-3-5-7-8;8-6-4-2-1-3-5(6)7(9)10;/h3-7,9-11,14H,17H2,1-2H3,(H,18,20)(H,22,23);1-4,8H,(H,9,10);/q;;+1/p-1/t9-,10-,11+,14-;;/m1../s1. The zero-order valence-electron chi connectivity index (χ0n) is 19.4. The number of thioether (sulfide) groups is 1. The van der Waals surface area contributed by atoms with Crippen molar-refractivity contribution in [3.63, 3.8) is 0 Å². The van der Waals surface area contributed by atoms with Crippen LogP contribution in [0.25, 0.3) is 0 Å². The van der Waals surface area contributed by atoms with Gasteiger partial charge in [-0.05, 0) is 31.5 Å². The summed E-state index contributed by atoms with van der Waals surface area (Å²) in [5, 5.41) is 30.7. The van der Waals surface area contributed by atoms with Gasteiger partial charge in [0.15, 0.2) is 0 Å². The first-order valence-corrected chi connectivity index (χ1v) is 11.2. The molecule has 2 aliphatic heterocycles. The molecule has 4 atom stereocenters. The number of amides is 2. The van der Waals surface area contributed by atoms with Gasteiger partial charge in [-0.25, -0.2) is 4.79 Å². The fraction of sp³-hybridized carbons (Fsp3) is 0.304. The molecule has 12 heteroatoms. The van der Waals surface area contributed by atoms with Crippen molar-refractivity contribution in [3.05, 3.63) is 65.7 Å². The maximum Gasteiger partial charge on any atom is 1.00 e. The second kappa shape index (κ2) is 11.4. The molecule has 2 heterocycles. The normalized spacial score (nSPS) is 22.3. The minimum absolute atomic E-state index is 0. The molecule has 0 aromatic heterocycles. The van der Waals surface area contributed by atoms with Gasteiger partial charge in [0, 0.05) is 10.3 Å². The fourth-order valence-corrected chi connectivity index (χ4v) is 5.47. The molecular weight excluding hydrogens is 485 g/mol. The Morgan fingerprint density at radius 3 is 2.20 bits per heavy atom. The van der Waals surface area contributed by atoms with Gasteiger partial charge in [0.05, 0.1) is 5.97 Å². The number of nitrogens with two attached hydrogens (primary N) is 1. The van der Waals surface area contributed by atoms with Gasteiger partial charge in [0.1, 0.15) is 29.2 Å². The zero-order chi connectivity index (χ0) is 25.2. The number of aromatic hydroxyl groups is 1. The van der Waals surface area contributed by atoms with Gasteiger partial charge in [0.25, 0.3) is 0 Å². The Labute approximate surface area is 228 Å². The topological polar surface area (TPSA) is 173 Å². The van der Waals surface area contributed by atoms with Gasteiger partial charge in [-0.3, -0.25) is 9.59 Å². The Kier molecular flexibility index (Phi) is 9.37. The van der Waals surface area contributed by atoms with Crippen LogP contribution in [0.15, 0.2) is 54.6 Å². The van der Waals surface area contributed by atoms with E-state index in [4.69, 9.17) is 10.8 Å². The Balaban J connectivity index is 0.000000332. The summed E-state index contributed by atoms with van der Waals surface area (Å²) in [4.78, 5) is 47.6. The average molecular weight is 510 g/mol. The van der Waals surface area contributed by atoms with Crippen molar-refractivity contribution in [1.29, 1.82) is 0 Å². The number of carboxylic acids is 2. The van der Waals surface area contributed by atoms with Crippen molar-refractivity contribution in [2.45, 2.75) is 42.1 Å². The maximum absolute atomic E-state index is 12.3. The number of rotatable bonds is 5. The van der Waals surface area contributed by atoms with Crippen LogP contribution >= 0.6 is 11.8 Å². The quantitative estimate of drug-likeness (QED) is 0.243. The van der Waals surface area contributed by atoms with Gasteiger partial charge in [0.2, 0.25) is 11.8 Å².